The first-order valence-electron chi connectivity index (χ1n) is 6.08. The van der Waals surface area contributed by atoms with Crippen LogP contribution in [0.1, 0.15) is 13.3 Å². The van der Waals surface area contributed by atoms with Crippen molar-refractivity contribution >= 4 is 40.7 Å². The van der Waals surface area contributed by atoms with Gasteiger partial charge in [-0.05, 0) is 24.6 Å². The number of benzene rings is 1. The molecule has 0 radical (unpaired) electrons. The molecule has 2 N–H and O–H groups in total. The second-order valence-electron chi connectivity index (χ2n) is 4.07. The van der Waals surface area contributed by atoms with Crippen LogP contribution >= 0.6 is 23.2 Å². The Morgan fingerprint density at radius 1 is 1.30 bits per heavy atom. The molecule has 2 aromatic rings. The van der Waals surface area contributed by atoms with Gasteiger partial charge in [0.05, 0.1) is 16.9 Å². The van der Waals surface area contributed by atoms with Gasteiger partial charge in [0.2, 0.25) is 5.95 Å². The van der Waals surface area contributed by atoms with Gasteiger partial charge in [0.25, 0.3) is 0 Å². The molecule has 0 aliphatic rings. The molecule has 0 aliphatic heterocycles. The van der Waals surface area contributed by atoms with E-state index < -0.39 is 5.82 Å². The predicted octanol–water partition coefficient (Wildman–Crippen LogP) is 4.49. The van der Waals surface area contributed by atoms with Crippen molar-refractivity contribution in [2.45, 2.75) is 13.3 Å². The van der Waals surface area contributed by atoms with E-state index in [1.807, 2.05) is 6.92 Å². The molecule has 4 nitrogen and oxygen atoms in total. The molecule has 0 spiro atoms. The number of hydrogen-bond donors (Lipinski definition) is 2. The van der Waals surface area contributed by atoms with Gasteiger partial charge in [0.1, 0.15) is 0 Å². The van der Waals surface area contributed by atoms with Crippen LogP contribution in [-0.2, 0) is 0 Å². The van der Waals surface area contributed by atoms with E-state index in [-0.39, 0.29) is 5.82 Å². The summed E-state index contributed by atoms with van der Waals surface area (Å²) in [5.41, 5.74) is 0.484. The zero-order valence-electron chi connectivity index (χ0n) is 10.8. The Morgan fingerprint density at radius 3 is 2.85 bits per heavy atom. The van der Waals surface area contributed by atoms with Gasteiger partial charge >= 0.3 is 0 Å². The van der Waals surface area contributed by atoms with Crippen LogP contribution in [0.2, 0.25) is 10.0 Å². The first kappa shape index (κ1) is 14.8. The number of halogens is 3. The molecule has 20 heavy (non-hydrogen) atoms. The van der Waals surface area contributed by atoms with Gasteiger partial charge in [-0.3, -0.25) is 0 Å². The van der Waals surface area contributed by atoms with Crippen LogP contribution in [0, 0.1) is 5.82 Å². The molecule has 0 unspecified atom stereocenters. The maximum absolute atomic E-state index is 13.7. The quantitative estimate of drug-likeness (QED) is 0.853. The third kappa shape index (κ3) is 3.71. The first-order valence-corrected chi connectivity index (χ1v) is 6.84. The van der Waals surface area contributed by atoms with Crippen molar-refractivity contribution in [3.8, 4) is 0 Å². The van der Waals surface area contributed by atoms with E-state index in [2.05, 4.69) is 20.6 Å². The monoisotopic (exact) mass is 314 g/mol. The van der Waals surface area contributed by atoms with Crippen LogP contribution in [0.4, 0.5) is 21.8 Å². The molecule has 1 aromatic carbocycles. The Hall–Kier alpha value is -1.59. The minimum Gasteiger partial charge on any atom is -0.354 e. The number of anilines is 3. The van der Waals surface area contributed by atoms with E-state index in [0.717, 1.165) is 12.6 Å². The lowest BCUT2D eigenvalue weighted by molar-refractivity contribution is 0.619. The second-order valence-corrected chi connectivity index (χ2v) is 4.91. The summed E-state index contributed by atoms with van der Waals surface area (Å²) in [6.45, 7) is 2.73. The molecule has 106 valence electrons. The smallest absolute Gasteiger partial charge is 0.224 e. The van der Waals surface area contributed by atoms with Gasteiger partial charge in [0, 0.05) is 11.6 Å². The minimum atomic E-state index is -0.567. The third-order valence-electron chi connectivity index (χ3n) is 2.46. The van der Waals surface area contributed by atoms with Crippen LogP contribution < -0.4 is 10.6 Å². The molecule has 0 aliphatic carbocycles. The van der Waals surface area contributed by atoms with Crippen molar-refractivity contribution in [2.24, 2.45) is 0 Å². The molecule has 2 rings (SSSR count). The molecular weight excluding hydrogens is 302 g/mol. The summed E-state index contributed by atoms with van der Waals surface area (Å²) in [6.07, 6.45) is 2.02. The number of nitrogens with zero attached hydrogens (tertiary/aromatic N) is 2. The van der Waals surface area contributed by atoms with Crippen molar-refractivity contribution < 1.29 is 4.39 Å². The van der Waals surface area contributed by atoms with Gasteiger partial charge in [-0.1, -0.05) is 30.1 Å². The highest BCUT2D eigenvalue weighted by atomic mass is 35.5. The van der Waals surface area contributed by atoms with Crippen LogP contribution in [-0.4, -0.2) is 16.5 Å². The van der Waals surface area contributed by atoms with E-state index >= 15 is 0 Å². The molecular formula is C13H13Cl2FN4. The molecule has 0 atom stereocenters. The summed E-state index contributed by atoms with van der Waals surface area (Å²) >= 11 is 11.9. The zero-order valence-corrected chi connectivity index (χ0v) is 12.3. The molecule has 0 saturated carbocycles. The van der Waals surface area contributed by atoms with Gasteiger partial charge in [0.15, 0.2) is 11.6 Å². The average Bonchev–Trinajstić information content (AvgIpc) is 2.43. The van der Waals surface area contributed by atoms with Crippen molar-refractivity contribution in [1.82, 2.24) is 9.97 Å². The van der Waals surface area contributed by atoms with Gasteiger partial charge in [-0.15, -0.1) is 0 Å². The lowest BCUT2D eigenvalue weighted by atomic mass is 10.3. The summed E-state index contributed by atoms with van der Waals surface area (Å²) in [6, 6.07) is 4.88. The summed E-state index contributed by atoms with van der Waals surface area (Å²) in [5, 5.41) is 6.72. The molecule has 7 heteroatoms. The minimum absolute atomic E-state index is 0.0442. The topological polar surface area (TPSA) is 49.8 Å². The average molecular weight is 315 g/mol. The van der Waals surface area contributed by atoms with E-state index in [1.165, 1.54) is 0 Å². The lowest BCUT2D eigenvalue weighted by Gasteiger charge is -2.10. The Balaban J connectivity index is 2.25. The van der Waals surface area contributed by atoms with Crippen molar-refractivity contribution in [2.75, 3.05) is 17.2 Å². The fourth-order valence-electron chi connectivity index (χ4n) is 1.50. The summed E-state index contributed by atoms with van der Waals surface area (Å²) in [4.78, 5) is 7.93. The maximum atomic E-state index is 13.7. The Morgan fingerprint density at radius 2 is 2.10 bits per heavy atom. The third-order valence-corrected chi connectivity index (χ3v) is 3.02. The number of hydrogen-bond acceptors (Lipinski definition) is 4. The van der Waals surface area contributed by atoms with E-state index in [0.29, 0.717) is 28.2 Å². The summed E-state index contributed by atoms with van der Waals surface area (Å²) < 4.78 is 13.7. The normalized spacial score (nSPS) is 10.4. The van der Waals surface area contributed by atoms with Crippen molar-refractivity contribution in [1.29, 1.82) is 0 Å². The van der Waals surface area contributed by atoms with Gasteiger partial charge < -0.3 is 10.6 Å². The van der Waals surface area contributed by atoms with Crippen LogP contribution in [0.3, 0.4) is 0 Å². The number of nitrogens with one attached hydrogen (secondary N) is 2. The number of rotatable bonds is 5. The van der Waals surface area contributed by atoms with Gasteiger partial charge in [-0.25, -0.2) is 9.37 Å². The molecule has 0 fully saturated rings. The fraction of sp³-hybridized carbons (Fsp3) is 0.231. The predicted molar refractivity (Wildman–Crippen MR) is 80.5 cm³/mol. The zero-order chi connectivity index (χ0) is 14.5. The second kappa shape index (κ2) is 6.72. The van der Waals surface area contributed by atoms with Crippen molar-refractivity contribution in [3.63, 3.8) is 0 Å². The molecule has 0 bridgehead atoms. The first-order chi connectivity index (χ1) is 9.60. The highest BCUT2D eigenvalue weighted by Crippen LogP contribution is 2.28. The Kier molecular flexibility index (Phi) is 4.98. The van der Waals surface area contributed by atoms with Crippen LogP contribution in [0.15, 0.2) is 24.4 Å². The Bertz CT molecular complexity index is 607. The van der Waals surface area contributed by atoms with E-state index in [4.69, 9.17) is 23.2 Å². The molecule has 0 saturated heterocycles. The Labute approximate surface area is 126 Å². The summed E-state index contributed by atoms with van der Waals surface area (Å²) in [7, 11) is 0. The van der Waals surface area contributed by atoms with Crippen molar-refractivity contribution in [3.05, 3.63) is 40.3 Å². The number of aromatic nitrogens is 2. The highest BCUT2D eigenvalue weighted by molar-refractivity contribution is 6.35. The molecule has 1 heterocycles. The fourth-order valence-corrected chi connectivity index (χ4v) is 1.83. The molecule has 0 amide bonds. The van der Waals surface area contributed by atoms with Crippen LogP contribution in [0.25, 0.3) is 0 Å². The molecule has 1 aromatic heterocycles. The van der Waals surface area contributed by atoms with E-state index in [9.17, 15) is 4.39 Å². The van der Waals surface area contributed by atoms with Crippen LogP contribution in [0.5, 0.6) is 0 Å². The SMILES string of the molecule is CCCNc1ncc(F)c(Nc2cc(Cl)ccc2Cl)n1. The maximum Gasteiger partial charge on any atom is 0.224 e. The highest BCUT2D eigenvalue weighted by Gasteiger charge is 2.09. The van der Waals surface area contributed by atoms with Gasteiger partial charge in [-0.2, -0.15) is 4.98 Å². The standard InChI is InChI=1S/C13H13Cl2FN4/c1-2-5-17-13-18-7-10(16)12(20-13)19-11-6-8(14)3-4-9(11)15/h3-4,6-7H,2,5H2,1H3,(H2,17,18,19,20). The van der Waals surface area contributed by atoms with E-state index in [1.54, 1.807) is 18.2 Å². The summed E-state index contributed by atoms with van der Waals surface area (Å²) in [5.74, 6) is -0.167. The largest absolute Gasteiger partial charge is 0.354 e. The lowest BCUT2D eigenvalue weighted by Crippen LogP contribution is -2.07.